The summed E-state index contributed by atoms with van der Waals surface area (Å²) in [5.74, 6) is -0.282. The number of amides is 1. The van der Waals surface area contributed by atoms with Crippen molar-refractivity contribution in [1.82, 2.24) is 9.78 Å². The lowest BCUT2D eigenvalue weighted by Crippen LogP contribution is -2.31. The van der Waals surface area contributed by atoms with Crippen LogP contribution in [0.3, 0.4) is 0 Å². The van der Waals surface area contributed by atoms with Crippen molar-refractivity contribution >= 4 is 34.8 Å². The molecule has 1 N–H and O–H groups in total. The first-order valence-corrected chi connectivity index (χ1v) is 8.58. The van der Waals surface area contributed by atoms with Crippen LogP contribution >= 0.6 is 23.2 Å². The molecule has 134 valence electrons. The number of halogens is 2. The van der Waals surface area contributed by atoms with E-state index in [-0.39, 0.29) is 23.0 Å². The van der Waals surface area contributed by atoms with Crippen LogP contribution in [0.2, 0.25) is 10.0 Å². The minimum absolute atomic E-state index is 0.109. The Morgan fingerprint density at radius 2 is 2.04 bits per heavy atom. The molecular formula is C18H15Cl2N3O3. The third-order valence-electron chi connectivity index (χ3n) is 3.74. The second-order valence-electron chi connectivity index (χ2n) is 5.71. The second-order valence-corrected chi connectivity index (χ2v) is 6.49. The van der Waals surface area contributed by atoms with Crippen molar-refractivity contribution in [3.63, 3.8) is 0 Å². The summed E-state index contributed by atoms with van der Waals surface area (Å²) >= 11 is 12.0. The first-order valence-electron chi connectivity index (χ1n) is 7.82. The first kappa shape index (κ1) is 18.2. The molecule has 1 aromatic carbocycles. The fourth-order valence-electron chi connectivity index (χ4n) is 2.33. The van der Waals surface area contributed by atoms with E-state index < -0.39 is 5.92 Å². The van der Waals surface area contributed by atoms with Gasteiger partial charge in [-0.25, -0.2) is 4.68 Å². The Morgan fingerprint density at radius 3 is 2.77 bits per heavy atom. The highest BCUT2D eigenvalue weighted by Gasteiger charge is 2.17. The smallest absolute Gasteiger partial charge is 0.266 e. The van der Waals surface area contributed by atoms with Gasteiger partial charge in [0.1, 0.15) is 5.69 Å². The van der Waals surface area contributed by atoms with E-state index in [1.54, 1.807) is 43.3 Å². The quantitative estimate of drug-likeness (QED) is 0.710. The fourth-order valence-corrected chi connectivity index (χ4v) is 2.68. The Bertz CT molecular complexity index is 984. The highest BCUT2D eigenvalue weighted by molar-refractivity contribution is 6.44. The average molecular weight is 392 g/mol. The SMILES string of the molecule is C[C@H](Cn1nc(-c2ccco2)ccc1=O)C(=O)Nc1cccc(Cl)c1Cl. The monoisotopic (exact) mass is 391 g/mol. The van der Waals surface area contributed by atoms with E-state index in [1.807, 2.05) is 0 Å². The molecule has 0 spiro atoms. The van der Waals surface area contributed by atoms with E-state index >= 15 is 0 Å². The van der Waals surface area contributed by atoms with Crippen LogP contribution in [0, 0.1) is 5.92 Å². The van der Waals surface area contributed by atoms with Crippen LogP contribution in [0.1, 0.15) is 6.92 Å². The van der Waals surface area contributed by atoms with Crippen LogP contribution in [0.5, 0.6) is 0 Å². The largest absolute Gasteiger partial charge is 0.463 e. The average Bonchev–Trinajstić information content (AvgIpc) is 3.15. The van der Waals surface area contributed by atoms with E-state index in [4.69, 9.17) is 27.6 Å². The molecule has 0 aliphatic heterocycles. The Balaban J connectivity index is 1.76. The van der Waals surface area contributed by atoms with E-state index in [1.165, 1.54) is 17.0 Å². The third kappa shape index (κ3) is 3.98. The van der Waals surface area contributed by atoms with Gasteiger partial charge in [-0.15, -0.1) is 0 Å². The van der Waals surface area contributed by atoms with Gasteiger partial charge in [0, 0.05) is 6.07 Å². The molecule has 1 atom stereocenters. The summed E-state index contributed by atoms with van der Waals surface area (Å²) in [5.41, 5.74) is 0.626. The topological polar surface area (TPSA) is 77.1 Å². The number of furan rings is 1. The van der Waals surface area contributed by atoms with E-state index in [0.29, 0.717) is 22.2 Å². The lowest BCUT2D eigenvalue weighted by Gasteiger charge is -2.14. The molecule has 26 heavy (non-hydrogen) atoms. The highest BCUT2D eigenvalue weighted by atomic mass is 35.5. The molecule has 6 nitrogen and oxygen atoms in total. The zero-order valence-corrected chi connectivity index (χ0v) is 15.3. The van der Waals surface area contributed by atoms with Crippen LogP contribution in [0.4, 0.5) is 5.69 Å². The van der Waals surface area contributed by atoms with Gasteiger partial charge in [0.25, 0.3) is 5.56 Å². The molecule has 2 aromatic heterocycles. The number of hydrogen-bond acceptors (Lipinski definition) is 4. The molecule has 2 heterocycles. The van der Waals surface area contributed by atoms with Gasteiger partial charge in [0.05, 0.1) is 34.5 Å². The third-order valence-corrected chi connectivity index (χ3v) is 4.56. The van der Waals surface area contributed by atoms with Gasteiger partial charge < -0.3 is 9.73 Å². The fraction of sp³-hybridized carbons (Fsp3) is 0.167. The maximum atomic E-state index is 12.4. The zero-order valence-electron chi connectivity index (χ0n) is 13.8. The van der Waals surface area contributed by atoms with E-state index in [0.717, 1.165) is 0 Å². The number of benzene rings is 1. The number of hydrogen-bond donors (Lipinski definition) is 1. The summed E-state index contributed by atoms with van der Waals surface area (Å²) in [4.78, 5) is 24.5. The van der Waals surface area contributed by atoms with Crippen molar-refractivity contribution < 1.29 is 9.21 Å². The molecule has 0 unspecified atom stereocenters. The molecule has 0 radical (unpaired) electrons. The first-order chi connectivity index (χ1) is 12.5. The second kappa shape index (κ2) is 7.76. The van der Waals surface area contributed by atoms with Gasteiger partial charge in [-0.2, -0.15) is 5.10 Å². The van der Waals surface area contributed by atoms with Crippen LogP contribution in [0.15, 0.2) is 57.9 Å². The molecule has 0 bridgehead atoms. The molecule has 0 aliphatic rings. The van der Waals surface area contributed by atoms with Gasteiger partial charge in [-0.3, -0.25) is 9.59 Å². The minimum Gasteiger partial charge on any atom is -0.463 e. The van der Waals surface area contributed by atoms with Crippen molar-refractivity contribution in [2.24, 2.45) is 5.92 Å². The molecule has 0 saturated heterocycles. The van der Waals surface area contributed by atoms with Crippen molar-refractivity contribution in [2.75, 3.05) is 5.32 Å². The van der Waals surface area contributed by atoms with Crippen LogP contribution in [-0.4, -0.2) is 15.7 Å². The molecule has 3 aromatic rings. The normalized spacial score (nSPS) is 12.0. The van der Waals surface area contributed by atoms with Crippen LogP contribution in [0.25, 0.3) is 11.5 Å². The summed E-state index contributed by atoms with van der Waals surface area (Å²) in [6.45, 7) is 1.80. The summed E-state index contributed by atoms with van der Waals surface area (Å²) in [6.07, 6.45) is 1.53. The Labute approximate surface area is 159 Å². The zero-order chi connectivity index (χ0) is 18.7. The Kier molecular flexibility index (Phi) is 5.44. The lowest BCUT2D eigenvalue weighted by atomic mass is 10.1. The highest BCUT2D eigenvalue weighted by Crippen LogP contribution is 2.29. The summed E-state index contributed by atoms with van der Waals surface area (Å²) in [5, 5.41) is 7.59. The number of nitrogens with zero attached hydrogens (tertiary/aromatic N) is 2. The number of aromatic nitrogens is 2. The molecule has 8 heteroatoms. The molecule has 3 rings (SSSR count). The summed E-state index contributed by atoms with van der Waals surface area (Å²) < 4.78 is 6.52. The minimum atomic E-state index is -0.526. The lowest BCUT2D eigenvalue weighted by molar-refractivity contribution is -0.119. The predicted molar refractivity (Wildman–Crippen MR) is 100 cm³/mol. The van der Waals surface area contributed by atoms with Crippen LogP contribution < -0.4 is 10.9 Å². The maximum Gasteiger partial charge on any atom is 0.266 e. The molecule has 1 amide bonds. The van der Waals surface area contributed by atoms with Crippen molar-refractivity contribution in [1.29, 1.82) is 0 Å². The van der Waals surface area contributed by atoms with Gasteiger partial charge in [-0.05, 0) is 30.3 Å². The van der Waals surface area contributed by atoms with Gasteiger partial charge >= 0.3 is 0 Å². The number of rotatable bonds is 5. The van der Waals surface area contributed by atoms with Gasteiger partial charge in [0.15, 0.2) is 5.76 Å². The Hall–Kier alpha value is -2.57. The van der Waals surface area contributed by atoms with Crippen molar-refractivity contribution in [2.45, 2.75) is 13.5 Å². The standard InChI is InChI=1S/C18H15Cl2N3O3/c1-11(18(25)21-14-5-2-4-12(19)17(14)20)10-23-16(24)8-7-13(22-23)15-6-3-9-26-15/h2-9,11H,10H2,1H3,(H,21,25)/t11-/m1/s1. The van der Waals surface area contributed by atoms with Crippen molar-refractivity contribution in [3.05, 3.63) is 69.1 Å². The van der Waals surface area contributed by atoms with Gasteiger partial charge in [-0.1, -0.05) is 36.2 Å². The maximum absolute atomic E-state index is 12.4. The Morgan fingerprint density at radius 1 is 1.23 bits per heavy atom. The molecular weight excluding hydrogens is 377 g/mol. The van der Waals surface area contributed by atoms with E-state index in [9.17, 15) is 9.59 Å². The molecule has 0 fully saturated rings. The number of carbonyl (C=O) groups excluding carboxylic acids is 1. The number of nitrogens with one attached hydrogen (secondary N) is 1. The summed E-state index contributed by atoms with van der Waals surface area (Å²) in [7, 11) is 0. The van der Waals surface area contributed by atoms with E-state index in [2.05, 4.69) is 10.4 Å². The number of anilines is 1. The summed E-state index contributed by atoms with van der Waals surface area (Å²) in [6, 6.07) is 11.4. The predicted octanol–water partition coefficient (Wildman–Crippen LogP) is 4.08. The molecule has 0 saturated carbocycles. The van der Waals surface area contributed by atoms with Gasteiger partial charge in [0.2, 0.25) is 5.91 Å². The van der Waals surface area contributed by atoms with Crippen molar-refractivity contribution in [3.8, 4) is 11.5 Å². The van der Waals surface area contributed by atoms with Crippen LogP contribution in [-0.2, 0) is 11.3 Å². The number of carbonyl (C=O) groups is 1. The molecule has 0 aliphatic carbocycles.